The van der Waals surface area contributed by atoms with Crippen molar-refractivity contribution in [1.29, 1.82) is 0 Å². The molecule has 37 heavy (non-hydrogen) atoms. The van der Waals surface area contributed by atoms with Crippen molar-refractivity contribution in [2.24, 2.45) is 11.8 Å². The summed E-state index contributed by atoms with van der Waals surface area (Å²) in [5.74, 6) is -1.64. The average Bonchev–Trinajstić information content (AvgIpc) is 3.18. The number of hydrogen-bond donors (Lipinski definition) is 0. The number of rotatable bonds is 6. The zero-order chi connectivity index (χ0) is 26.1. The summed E-state index contributed by atoms with van der Waals surface area (Å²) in [4.78, 5) is 53.0. The predicted molar refractivity (Wildman–Crippen MR) is 139 cm³/mol. The summed E-state index contributed by atoms with van der Waals surface area (Å²) in [5.41, 5.74) is 3.40. The van der Waals surface area contributed by atoms with Gasteiger partial charge in [0, 0.05) is 5.56 Å². The highest BCUT2D eigenvalue weighted by molar-refractivity contribution is 6.22. The second-order valence-electron chi connectivity index (χ2n) is 9.97. The third-order valence-corrected chi connectivity index (χ3v) is 7.55. The number of imide groups is 1. The molecule has 0 aromatic heterocycles. The van der Waals surface area contributed by atoms with Crippen LogP contribution in [0, 0.1) is 18.8 Å². The van der Waals surface area contributed by atoms with E-state index in [9.17, 15) is 19.2 Å². The fourth-order valence-electron chi connectivity index (χ4n) is 5.44. The number of carbonyl (C=O) groups excluding carboxylic acids is 4. The van der Waals surface area contributed by atoms with Crippen molar-refractivity contribution < 1.29 is 23.9 Å². The van der Waals surface area contributed by atoms with Crippen LogP contribution in [0.1, 0.15) is 63.9 Å². The maximum atomic E-state index is 13.3. The van der Waals surface area contributed by atoms with Gasteiger partial charge in [0.05, 0.1) is 23.1 Å². The maximum Gasteiger partial charge on any atom is 0.338 e. The molecule has 0 bridgehead atoms. The minimum absolute atomic E-state index is 0.172. The highest BCUT2D eigenvalue weighted by Crippen LogP contribution is 2.45. The van der Waals surface area contributed by atoms with Gasteiger partial charge in [0.1, 0.15) is 0 Å². The summed E-state index contributed by atoms with van der Waals surface area (Å²) in [7, 11) is 0. The van der Waals surface area contributed by atoms with Gasteiger partial charge in [-0.25, -0.2) is 4.79 Å². The molecular formula is C31H29NO5. The number of aryl methyl sites for hydroxylation is 1. The third-order valence-electron chi connectivity index (χ3n) is 7.55. The molecule has 2 aliphatic rings. The van der Waals surface area contributed by atoms with E-state index in [0.717, 1.165) is 12.0 Å². The molecule has 6 nitrogen and oxygen atoms in total. The van der Waals surface area contributed by atoms with Crippen molar-refractivity contribution in [2.75, 3.05) is 4.90 Å². The Hall–Kier alpha value is -4.06. The van der Waals surface area contributed by atoms with Gasteiger partial charge >= 0.3 is 5.97 Å². The molecule has 5 rings (SSSR count). The van der Waals surface area contributed by atoms with Gasteiger partial charge in [-0.1, -0.05) is 60.2 Å². The molecule has 2 fully saturated rings. The molecule has 2 amide bonds. The van der Waals surface area contributed by atoms with E-state index in [1.165, 1.54) is 22.6 Å². The van der Waals surface area contributed by atoms with Gasteiger partial charge in [-0.15, -0.1) is 0 Å². The van der Waals surface area contributed by atoms with Crippen molar-refractivity contribution in [3.63, 3.8) is 0 Å². The first-order valence-electron chi connectivity index (χ1n) is 12.7. The monoisotopic (exact) mass is 495 g/mol. The second kappa shape index (κ2) is 10.1. The molecule has 1 aliphatic heterocycles. The van der Waals surface area contributed by atoms with Crippen LogP contribution in [0.3, 0.4) is 0 Å². The van der Waals surface area contributed by atoms with Crippen LogP contribution in [-0.2, 0) is 14.3 Å². The van der Waals surface area contributed by atoms with E-state index in [-0.39, 0.29) is 40.9 Å². The van der Waals surface area contributed by atoms with E-state index in [1.54, 1.807) is 31.2 Å². The summed E-state index contributed by atoms with van der Waals surface area (Å²) in [6.45, 7) is 3.47. The van der Waals surface area contributed by atoms with Crippen LogP contribution >= 0.6 is 0 Å². The lowest BCUT2D eigenvalue weighted by Gasteiger charge is -2.28. The van der Waals surface area contributed by atoms with Crippen LogP contribution in [-0.4, -0.2) is 29.7 Å². The number of fused-ring (bicyclic) bond motifs is 1. The molecule has 0 unspecified atom stereocenters. The summed E-state index contributed by atoms with van der Waals surface area (Å²) in [5, 5.41) is 0. The molecule has 1 heterocycles. The van der Waals surface area contributed by atoms with Crippen molar-refractivity contribution in [1.82, 2.24) is 0 Å². The van der Waals surface area contributed by atoms with E-state index < -0.39 is 12.1 Å². The number of ether oxygens (including phenoxy) is 1. The molecule has 6 heteroatoms. The van der Waals surface area contributed by atoms with Gasteiger partial charge in [-0.05, 0) is 68.9 Å². The van der Waals surface area contributed by atoms with E-state index in [2.05, 4.69) is 12.1 Å². The van der Waals surface area contributed by atoms with Gasteiger partial charge in [0.2, 0.25) is 17.6 Å². The van der Waals surface area contributed by atoms with E-state index in [4.69, 9.17) is 4.74 Å². The SMILES string of the molecule is Cc1ccc(C(=O)[C@H](C)OC(=O)c2ccc(N3C(=O)[C@H]4CC[C@H](c5ccccc5)C[C@@H]4C3=O)cc2)cc1. The normalized spacial score (nSPS) is 21.9. The largest absolute Gasteiger partial charge is 0.451 e. The zero-order valence-electron chi connectivity index (χ0n) is 20.9. The second-order valence-corrected chi connectivity index (χ2v) is 9.97. The van der Waals surface area contributed by atoms with Gasteiger partial charge in [0.25, 0.3) is 0 Å². The number of hydrogen-bond acceptors (Lipinski definition) is 5. The Kier molecular flexibility index (Phi) is 6.74. The Morgan fingerprint density at radius 3 is 2.11 bits per heavy atom. The topological polar surface area (TPSA) is 80.8 Å². The lowest BCUT2D eigenvalue weighted by molar-refractivity contribution is -0.122. The highest BCUT2D eigenvalue weighted by atomic mass is 16.5. The number of nitrogens with zero attached hydrogens (tertiary/aromatic N) is 1. The van der Waals surface area contributed by atoms with Crippen molar-refractivity contribution in [3.05, 3.63) is 101 Å². The van der Waals surface area contributed by atoms with E-state index in [0.29, 0.717) is 24.1 Å². The molecular weight excluding hydrogens is 466 g/mol. The minimum atomic E-state index is -0.947. The molecule has 0 N–H and O–H groups in total. The Bertz CT molecular complexity index is 1330. The number of Topliss-reactive ketones (excluding diaryl/α,β-unsaturated/α-hetero) is 1. The number of benzene rings is 3. The first kappa shape index (κ1) is 24.6. The zero-order valence-corrected chi connectivity index (χ0v) is 20.9. The first-order valence-corrected chi connectivity index (χ1v) is 12.7. The first-order chi connectivity index (χ1) is 17.8. The molecule has 0 spiro atoms. The predicted octanol–water partition coefficient (Wildman–Crippen LogP) is 5.50. The van der Waals surface area contributed by atoms with E-state index >= 15 is 0 Å². The van der Waals surface area contributed by atoms with E-state index in [1.807, 2.05) is 37.3 Å². The van der Waals surface area contributed by atoms with Gasteiger partial charge in [-0.2, -0.15) is 0 Å². The third kappa shape index (κ3) is 4.84. The number of anilines is 1. The van der Waals surface area contributed by atoms with Crippen molar-refractivity contribution in [2.45, 2.75) is 45.1 Å². The van der Waals surface area contributed by atoms with Crippen molar-refractivity contribution >= 4 is 29.3 Å². The van der Waals surface area contributed by atoms with Gasteiger partial charge < -0.3 is 4.74 Å². The Morgan fingerprint density at radius 1 is 0.811 bits per heavy atom. The Morgan fingerprint density at radius 2 is 1.43 bits per heavy atom. The van der Waals surface area contributed by atoms with Crippen LogP contribution in [0.15, 0.2) is 78.9 Å². The smallest absolute Gasteiger partial charge is 0.338 e. The lowest BCUT2D eigenvalue weighted by atomic mass is 9.73. The Labute approximate surface area is 216 Å². The summed E-state index contributed by atoms with van der Waals surface area (Å²) >= 11 is 0. The molecule has 3 aromatic rings. The maximum absolute atomic E-state index is 13.3. The average molecular weight is 496 g/mol. The number of amides is 2. The van der Waals surface area contributed by atoms with Gasteiger partial charge in [-0.3, -0.25) is 19.3 Å². The molecule has 1 saturated heterocycles. The quantitative estimate of drug-likeness (QED) is 0.256. The fourth-order valence-corrected chi connectivity index (χ4v) is 5.44. The summed E-state index contributed by atoms with van der Waals surface area (Å²) in [6, 6.07) is 23.4. The summed E-state index contributed by atoms with van der Waals surface area (Å²) < 4.78 is 5.39. The molecule has 1 aliphatic carbocycles. The fraction of sp³-hybridized carbons (Fsp3) is 0.290. The number of esters is 1. The van der Waals surface area contributed by atoms with Gasteiger partial charge in [0.15, 0.2) is 6.10 Å². The van der Waals surface area contributed by atoms with Crippen LogP contribution in [0.2, 0.25) is 0 Å². The lowest BCUT2D eigenvalue weighted by Crippen LogP contribution is -2.31. The molecule has 3 aromatic carbocycles. The highest BCUT2D eigenvalue weighted by Gasteiger charge is 2.50. The van der Waals surface area contributed by atoms with Crippen LogP contribution in [0.4, 0.5) is 5.69 Å². The van der Waals surface area contributed by atoms with Crippen molar-refractivity contribution in [3.8, 4) is 0 Å². The molecule has 0 radical (unpaired) electrons. The number of carbonyl (C=O) groups is 4. The van der Waals surface area contributed by atoms with Crippen LogP contribution in [0.25, 0.3) is 0 Å². The number of ketones is 1. The van der Waals surface area contributed by atoms with Crippen LogP contribution in [0.5, 0.6) is 0 Å². The van der Waals surface area contributed by atoms with Crippen LogP contribution < -0.4 is 4.90 Å². The molecule has 1 saturated carbocycles. The molecule has 188 valence electrons. The standard InChI is InChI=1S/C31H29NO5/c1-19-8-10-22(11-9-19)28(33)20(2)37-31(36)23-12-15-25(16-13-23)32-29(34)26-17-14-24(18-27(26)30(32)35)21-6-4-3-5-7-21/h3-13,15-16,20,24,26-27H,14,17-18H2,1-2H3/t20-,24-,26-,27-/m0/s1. The minimum Gasteiger partial charge on any atom is -0.451 e. The molecule has 4 atom stereocenters. The Balaban J connectivity index is 1.25. The summed E-state index contributed by atoms with van der Waals surface area (Å²) in [6.07, 6.45) is 1.27.